The Hall–Kier alpha value is -2.18. The lowest BCUT2D eigenvalue weighted by Crippen LogP contribution is -2.53. The van der Waals surface area contributed by atoms with E-state index in [1.165, 1.54) is 12.4 Å². The molecule has 1 N–H and O–H groups in total. The van der Waals surface area contributed by atoms with Gasteiger partial charge in [0.25, 0.3) is 0 Å². The van der Waals surface area contributed by atoms with Gasteiger partial charge in [0.1, 0.15) is 5.82 Å². The summed E-state index contributed by atoms with van der Waals surface area (Å²) in [6, 6.07) is 0.0900. The van der Waals surface area contributed by atoms with E-state index in [9.17, 15) is 9.59 Å². The van der Waals surface area contributed by atoms with Crippen molar-refractivity contribution in [1.82, 2.24) is 14.9 Å². The summed E-state index contributed by atoms with van der Waals surface area (Å²) in [5, 5.41) is 8.73. The smallest absolute Gasteiger partial charge is 0.356 e. The predicted octanol–water partition coefficient (Wildman–Crippen LogP) is -0.158. The molecule has 1 fully saturated rings. The number of carbonyl (C=O) groups excluding carboxylic acids is 1. The molecule has 0 bridgehead atoms. The molecular weight excluding hydrogens is 236 g/mol. The van der Waals surface area contributed by atoms with Crippen LogP contribution in [0.5, 0.6) is 0 Å². The Balaban J connectivity index is 2.17. The Morgan fingerprint density at radius 1 is 1.44 bits per heavy atom. The van der Waals surface area contributed by atoms with Gasteiger partial charge in [0, 0.05) is 19.6 Å². The molecule has 2 rings (SSSR count). The third-order valence-corrected chi connectivity index (χ3v) is 3.05. The maximum absolute atomic E-state index is 11.7. The van der Waals surface area contributed by atoms with Crippen LogP contribution in [0.2, 0.25) is 0 Å². The van der Waals surface area contributed by atoms with Gasteiger partial charge in [0.15, 0.2) is 5.69 Å². The summed E-state index contributed by atoms with van der Waals surface area (Å²) < 4.78 is 0. The molecule has 7 nitrogen and oxygen atoms in total. The Bertz CT molecular complexity index is 474. The number of amides is 1. The molecule has 1 aromatic heterocycles. The molecule has 0 saturated carbocycles. The number of hydrogen-bond acceptors (Lipinski definition) is 5. The minimum Gasteiger partial charge on any atom is -0.476 e. The summed E-state index contributed by atoms with van der Waals surface area (Å²) in [6.45, 7) is 2.84. The lowest BCUT2D eigenvalue weighted by atomic mass is 10.2. The monoisotopic (exact) mass is 250 g/mol. The van der Waals surface area contributed by atoms with Crippen molar-refractivity contribution < 1.29 is 14.7 Å². The third-order valence-electron chi connectivity index (χ3n) is 3.05. The molecule has 18 heavy (non-hydrogen) atoms. The fourth-order valence-electron chi connectivity index (χ4n) is 1.80. The highest BCUT2D eigenvalue weighted by Gasteiger charge is 2.27. The molecule has 7 heteroatoms. The minimum atomic E-state index is -1.11. The van der Waals surface area contributed by atoms with Gasteiger partial charge in [-0.2, -0.15) is 0 Å². The van der Waals surface area contributed by atoms with E-state index in [1.54, 1.807) is 16.8 Å². The van der Waals surface area contributed by atoms with Gasteiger partial charge in [-0.15, -0.1) is 0 Å². The fourth-order valence-corrected chi connectivity index (χ4v) is 1.80. The van der Waals surface area contributed by atoms with E-state index in [-0.39, 0.29) is 24.2 Å². The molecule has 1 saturated heterocycles. The number of likely N-dealkylation sites (N-methyl/N-ethyl adjacent to an activating group) is 1. The first-order valence-electron chi connectivity index (χ1n) is 5.55. The summed E-state index contributed by atoms with van der Waals surface area (Å²) in [6.07, 6.45) is 2.58. The van der Waals surface area contributed by atoms with E-state index < -0.39 is 5.97 Å². The molecular formula is C11H14N4O3. The van der Waals surface area contributed by atoms with Gasteiger partial charge in [-0.1, -0.05) is 0 Å². The first-order chi connectivity index (χ1) is 8.49. The number of rotatable bonds is 2. The summed E-state index contributed by atoms with van der Waals surface area (Å²) in [7, 11) is 1.77. The first-order valence-corrected chi connectivity index (χ1v) is 5.55. The first kappa shape index (κ1) is 12.3. The zero-order chi connectivity index (χ0) is 13.3. The molecule has 0 radical (unpaired) electrons. The predicted molar refractivity (Wildman–Crippen MR) is 63.4 cm³/mol. The number of nitrogens with zero attached hydrogens (tertiary/aromatic N) is 4. The van der Waals surface area contributed by atoms with Crippen molar-refractivity contribution >= 4 is 17.7 Å². The number of piperazine rings is 1. The number of aromatic nitrogens is 2. The van der Waals surface area contributed by atoms with E-state index >= 15 is 0 Å². The average molecular weight is 250 g/mol. The second kappa shape index (κ2) is 4.59. The van der Waals surface area contributed by atoms with Crippen molar-refractivity contribution in [3.63, 3.8) is 0 Å². The van der Waals surface area contributed by atoms with Crippen molar-refractivity contribution in [3.8, 4) is 0 Å². The second-order valence-corrected chi connectivity index (χ2v) is 4.30. The lowest BCUT2D eigenvalue weighted by molar-refractivity contribution is -0.131. The molecule has 1 aliphatic heterocycles. The SMILES string of the molecule is CC1CN(c2cnc(C(=O)O)cn2)CC(=O)N1C. The standard InChI is InChI=1S/C11H14N4O3/c1-7-5-15(6-10(16)14(7)2)9-4-12-8(3-13-9)11(17)18/h3-4,7H,5-6H2,1-2H3,(H,17,18). The number of aromatic carboxylic acids is 1. The van der Waals surface area contributed by atoms with Gasteiger partial charge >= 0.3 is 5.97 Å². The molecule has 1 unspecified atom stereocenters. The zero-order valence-corrected chi connectivity index (χ0v) is 10.2. The van der Waals surface area contributed by atoms with Crippen LogP contribution in [0.3, 0.4) is 0 Å². The maximum atomic E-state index is 11.7. The Kier molecular flexibility index (Phi) is 3.14. The van der Waals surface area contributed by atoms with Crippen molar-refractivity contribution in [1.29, 1.82) is 0 Å². The minimum absolute atomic E-state index is 0.0119. The van der Waals surface area contributed by atoms with Gasteiger partial charge in [0.05, 0.1) is 18.9 Å². The Morgan fingerprint density at radius 3 is 2.67 bits per heavy atom. The quantitative estimate of drug-likeness (QED) is 0.785. The van der Waals surface area contributed by atoms with E-state index in [2.05, 4.69) is 9.97 Å². The number of carboxylic acids is 1. The Labute approximate surface area is 104 Å². The fraction of sp³-hybridized carbons (Fsp3) is 0.455. The van der Waals surface area contributed by atoms with Crippen molar-refractivity contribution in [2.75, 3.05) is 25.0 Å². The van der Waals surface area contributed by atoms with Gasteiger partial charge < -0.3 is 14.9 Å². The summed E-state index contributed by atoms with van der Waals surface area (Å²) in [4.78, 5) is 33.7. The highest BCUT2D eigenvalue weighted by atomic mass is 16.4. The van der Waals surface area contributed by atoms with Crippen LogP contribution in [-0.4, -0.2) is 58.0 Å². The third kappa shape index (κ3) is 2.24. The van der Waals surface area contributed by atoms with Crippen LogP contribution < -0.4 is 4.90 Å². The summed E-state index contributed by atoms with van der Waals surface area (Å²) in [5.74, 6) is -0.581. The van der Waals surface area contributed by atoms with Crippen LogP contribution in [0.4, 0.5) is 5.82 Å². The van der Waals surface area contributed by atoms with E-state index in [0.717, 1.165) is 0 Å². The van der Waals surface area contributed by atoms with E-state index in [1.807, 2.05) is 6.92 Å². The number of carbonyl (C=O) groups is 2. The summed E-state index contributed by atoms with van der Waals surface area (Å²) in [5.41, 5.74) is -0.104. The van der Waals surface area contributed by atoms with Crippen LogP contribution in [0.1, 0.15) is 17.4 Å². The van der Waals surface area contributed by atoms with Crippen molar-refractivity contribution in [2.45, 2.75) is 13.0 Å². The lowest BCUT2D eigenvalue weighted by Gasteiger charge is -2.37. The van der Waals surface area contributed by atoms with E-state index in [0.29, 0.717) is 12.4 Å². The normalized spacial score (nSPS) is 20.1. The molecule has 96 valence electrons. The molecule has 1 atom stereocenters. The molecule has 1 aromatic rings. The van der Waals surface area contributed by atoms with Crippen LogP contribution in [0, 0.1) is 0 Å². The molecule has 1 amide bonds. The van der Waals surface area contributed by atoms with Gasteiger partial charge in [-0.05, 0) is 6.92 Å². The molecule has 0 spiro atoms. The molecule has 1 aliphatic rings. The topological polar surface area (TPSA) is 86.6 Å². The largest absolute Gasteiger partial charge is 0.476 e. The van der Waals surface area contributed by atoms with Gasteiger partial charge in [-0.3, -0.25) is 4.79 Å². The number of anilines is 1. The number of carboxylic acid groups (broad SMARTS) is 1. The van der Waals surface area contributed by atoms with Crippen LogP contribution in [0.15, 0.2) is 12.4 Å². The van der Waals surface area contributed by atoms with Gasteiger partial charge in [0.2, 0.25) is 5.91 Å². The Morgan fingerprint density at radius 2 is 2.17 bits per heavy atom. The van der Waals surface area contributed by atoms with Crippen LogP contribution in [0.25, 0.3) is 0 Å². The zero-order valence-electron chi connectivity index (χ0n) is 10.2. The maximum Gasteiger partial charge on any atom is 0.356 e. The van der Waals surface area contributed by atoms with Crippen LogP contribution >= 0.6 is 0 Å². The second-order valence-electron chi connectivity index (χ2n) is 4.30. The van der Waals surface area contributed by atoms with Crippen molar-refractivity contribution in [3.05, 3.63) is 18.1 Å². The average Bonchev–Trinajstić information content (AvgIpc) is 2.35. The van der Waals surface area contributed by atoms with E-state index in [4.69, 9.17) is 5.11 Å². The highest BCUT2D eigenvalue weighted by Crippen LogP contribution is 2.15. The molecule has 0 aromatic carbocycles. The molecule has 2 heterocycles. The number of hydrogen-bond donors (Lipinski definition) is 1. The van der Waals surface area contributed by atoms with Crippen molar-refractivity contribution in [2.24, 2.45) is 0 Å². The molecule has 0 aliphatic carbocycles. The summed E-state index contributed by atoms with van der Waals surface area (Å²) >= 11 is 0. The van der Waals surface area contributed by atoms with Gasteiger partial charge in [-0.25, -0.2) is 14.8 Å². The highest BCUT2D eigenvalue weighted by molar-refractivity contribution is 5.85. The van der Waals surface area contributed by atoms with Crippen LogP contribution in [-0.2, 0) is 4.79 Å².